The van der Waals surface area contributed by atoms with E-state index in [2.05, 4.69) is 29.1 Å². The van der Waals surface area contributed by atoms with E-state index in [9.17, 15) is 0 Å². The van der Waals surface area contributed by atoms with Crippen molar-refractivity contribution in [3.05, 3.63) is 45.8 Å². The van der Waals surface area contributed by atoms with Crippen LogP contribution in [-0.4, -0.2) is 0 Å². The highest BCUT2D eigenvalue weighted by Crippen LogP contribution is 2.09. The van der Waals surface area contributed by atoms with Gasteiger partial charge in [0, 0.05) is 4.91 Å². The number of aryl methyl sites for hydroxylation is 1. The topological polar surface area (TPSA) is 48.8 Å². The summed E-state index contributed by atoms with van der Waals surface area (Å²) in [4.78, 5) is 2.74. The molecule has 0 atom stereocenters. The average Bonchev–Trinajstić information content (AvgIpc) is 2.28. The first-order valence-electron chi connectivity index (χ1n) is 5.45. The molecule has 0 aromatic heterocycles. The Morgan fingerprint density at radius 3 is 2.40 bits per heavy atom. The Kier molecular flexibility index (Phi) is 5.34. The number of rotatable bonds is 6. The Morgan fingerprint density at radius 1 is 1.13 bits per heavy atom. The van der Waals surface area contributed by atoms with Gasteiger partial charge in [-0.15, -0.1) is 0 Å². The lowest BCUT2D eigenvalue weighted by atomic mass is 10.1. The fraction of sp³-hybridized carbons (Fsp3) is 0.500. The molecule has 3 nitrogen and oxygen atoms in total. The van der Waals surface area contributed by atoms with E-state index in [4.69, 9.17) is 5.53 Å². The van der Waals surface area contributed by atoms with Gasteiger partial charge in [-0.1, -0.05) is 49.1 Å². The van der Waals surface area contributed by atoms with E-state index in [0.717, 1.165) is 12.0 Å². The monoisotopic (exact) mass is 203 g/mol. The Hall–Kier alpha value is -1.47. The quantitative estimate of drug-likeness (QED) is 0.287. The molecule has 0 spiro atoms. The molecule has 80 valence electrons. The van der Waals surface area contributed by atoms with Crippen molar-refractivity contribution in [1.29, 1.82) is 0 Å². The molecule has 0 aliphatic rings. The van der Waals surface area contributed by atoms with Crippen molar-refractivity contribution in [2.75, 3.05) is 0 Å². The van der Waals surface area contributed by atoms with Gasteiger partial charge in [0.05, 0.1) is 6.54 Å². The second-order valence-corrected chi connectivity index (χ2v) is 3.66. The molecule has 0 fully saturated rings. The third kappa shape index (κ3) is 4.52. The molecule has 0 unspecified atom stereocenters. The van der Waals surface area contributed by atoms with Gasteiger partial charge in [0.25, 0.3) is 0 Å². The molecule has 3 heteroatoms. The summed E-state index contributed by atoms with van der Waals surface area (Å²) in [6, 6.07) is 8.32. The van der Waals surface area contributed by atoms with Crippen LogP contribution in [0.1, 0.15) is 37.3 Å². The molecule has 0 aliphatic heterocycles. The molecule has 1 aromatic carbocycles. The number of nitrogens with zero attached hydrogens (tertiary/aromatic N) is 3. The van der Waals surface area contributed by atoms with Gasteiger partial charge in [-0.25, -0.2) is 0 Å². The van der Waals surface area contributed by atoms with Gasteiger partial charge in [0.2, 0.25) is 0 Å². The molecule has 0 N–H and O–H groups in total. The molecule has 0 radical (unpaired) electrons. The van der Waals surface area contributed by atoms with E-state index >= 15 is 0 Å². The summed E-state index contributed by atoms with van der Waals surface area (Å²) in [6.45, 7) is 2.66. The van der Waals surface area contributed by atoms with Crippen LogP contribution < -0.4 is 0 Å². The van der Waals surface area contributed by atoms with Crippen molar-refractivity contribution < 1.29 is 0 Å². The van der Waals surface area contributed by atoms with Gasteiger partial charge in [-0.2, -0.15) is 0 Å². The third-order valence-corrected chi connectivity index (χ3v) is 2.41. The lowest BCUT2D eigenvalue weighted by molar-refractivity contribution is 0.717. The Balaban J connectivity index is 2.44. The maximum absolute atomic E-state index is 8.18. The minimum atomic E-state index is 0.450. The van der Waals surface area contributed by atoms with Crippen molar-refractivity contribution >= 4 is 0 Å². The van der Waals surface area contributed by atoms with Crippen molar-refractivity contribution in [3.63, 3.8) is 0 Å². The second-order valence-electron chi connectivity index (χ2n) is 3.66. The van der Waals surface area contributed by atoms with Crippen LogP contribution in [-0.2, 0) is 13.0 Å². The summed E-state index contributed by atoms with van der Waals surface area (Å²) in [5.74, 6) is 0. The first-order valence-corrected chi connectivity index (χ1v) is 5.45. The molecule has 0 heterocycles. The van der Waals surface area contributed by atoms with Crippen molar-refractivity contribution in [3.8, 4) is 0 Å². The number of hydrogen-bond donors (Lipinski definition) is 0. The highest BCUT2D eigenvalue weighted by atomic mass is 15.1. The van der Waals surface area contributed by atoms with Crippen molar-refractivity contribution in [1.82, 2.24) is 0 Å². The summed E-state index contributed by atoms with van der Waals surface area (Å²) < 4.78 is 0. The van der Waals surface area contributed by atoms with Gasteiger partial charge in [0.1, 0.15) is 0 Å². The fourth-order valence-electron chi connectivity index (χ4n) is 1.50. The minimum absolute atomic E-state index is 0.450. The number of hydrogen-bond acceptors (Lipinski definition) is 1. The zero-order chi connectivity index (χ0) is 10.9. The molecule has 1 rings (SSSR count). The average molecular weight is 203 g/mol. The molecule has 0 saturated carbocycles. The first-order chi connectivity index (χ1) is 7.36. The molecule has 0 amide bonds. The maximum atomic E-state index is 8.18. The van der Waals surface area contributed by atoms with E-state index in [1.165, 1.54) is 24.8 Å². The van der Waals surface area contributed by atoms with Gasteiger partial charge in [-0.3, -0.25) is 0 Å². The number of azide groups is 1. The van der Waals surface area contributed by atoms with Crippen LogP contribution in [0.15, 0.2) is 29.4 Å². The Morgan fingerprint density at radius 2 is 1.80 bits per heavy atom. The van der Waals surface area contributed by atoms with Crippen LogP contribution in [0.3, 0.4) is 0 Å². The van der Waals surface area contributed by atoms with Gasteiger partial charge in [-0.05, 0) is 29.5 Å². The van der Waals surface area contributed by atoms with Crippen LogP contribution >= 0.6 is 0 Å². The van der Waals surface area contributed by atoms with E-state index in [1.54, 1.807) is 0 Å². The summed E-state index contributed by atoms with van der Waals surface area (Å²) in [5, 5.41) is 3.53. The van der Waals surface area contributed by atoms with Gasteiger partial charge >= 0.3 is 0 Å². The molecule has 0 bridgehead atoms. The highest BCUT2D eigenvalue weighted by Gasteiger charge is 1.94. The summed E-state index contributed by atoms with van der Waals surface area (Å²) in [6.07, 6.45) is 4.96. The predicted octanol–water partition coefficient (Wildman–Crippen LogP) is 4.23. The Labute approximate surface area is 90.8 Å². The summed E-state index contributed by atoms with van der Waals surface area (Å²) >= 11 is 0. The molecule has 0 aliphatic carbocycles. The Bertz CT molecular complexity index is 323. The molecule has 15 heavy (non-hydrogen) atoms. The largest absolute Gasteiger partial charge is 0.0893 e. The lowest BCUT2D eigenvalue weighted by Gasteiger charge is -2.01. The van der Waals surface area contributed by atoms with Crippen LogP contribution in [0.5, 0.6) is 0 Å². The van der Waals surface area contributed by atoms with Crippen LogP contribution in [0.4, 0.5) is 0 Å². The van der Waals surface area contributed by atoms with Gasteiger partial charge in [0.15, 0.2) is 0 Å². The first kappa shape index (κ1) is 11.6. The summed E-state index contributed by atoms with van der Waals surface area (Å²) in [7, 11) is 0. The molecule has 0 saturated heterocycles. The van der Waals surface area contributed by atoms with E-state index in [0.29, 0.717) is 6.54 Å². The normalized spacial score (nSPS) is 9.67. The smallest absolute Gasteiger partial charge is 0.0510 e. The van der Waals surface area contributed by atoms with E-state index in [-0.39, 0.29) is 0 Å². The molecular weight excluding hydrogens is 186 g/mol. The third-order valence-electron chi connectivity index (χ3n) is 2.41. The second kappa shape index (κ2) is 6.91. The van der Waals surface area contributed by atoms with Crippen molar-refractivity contribution in [2.24, 2.45) is 5.11 Å². The van der Waals surface area contributed by atoms with Crippen LogP contribution in [0.2, 0.25) is 0 Å². The number of unbranched alkanes of at least 4 members (excludes halogenated alkanes) is 2. The SMILES string of the molecule is CCCCCc1ccc(CN=[N+]=[N-])cc1. The van der Waals surface area contributed by atoms with E-state index < -0.39 is 0 Å². The van der Waals surface area contributed by atoms with Gasteiger partial charge < -0.3 is 0 Å². The van der Waals surface area contributed by atoms with Crippen molar-refractivity contribution in [2.45, 2.75) is 39.2 Å². The predicted molar refractivity (Wildman–Crippen MR) is 62.5 cm³/mol. The fourth-order valence-corrected chi connectivity index (χ4v) is 1.50. The zero-order valence-electron chi connectivity index (χ0n) is 9.19. The van der Waals surface area contributed by atoms with E-state index in [1.807, 2.05) is 12.1 Å². The van der Waals surface area contributed by atoms with Crippen LogP contribution in [0, 0.1) is 0 Å². The zero-order valence-corrected chi connectivity index (χ0v) is 9.19. The summed E-state index contributed by atoms with van der Waals surface area (Å²) in [5.41, 5.74) is 10.6. The molecule has 1 aromatic rings. The standard InChI is InChI=1S/C12H17N3/c1-2-3-4-5-11-6-8-12(9-7-11)10-14-15-13/h6-9H,2-5,10H2,1H3. The highest BCUT2D eigenvalue weighted by molar-refractivity contribution is 5.22. The van der Waals surface area contributed by atoms with Crippen LogP contribution in [0.25, 0.3) is 10.4 Å². The molecular formula is C12H17N3. The lowest BCUT2D eigenvalue weighted by Crippen LogP contribution is -1.86. The minimum Gasteiger partial charge on any atom is -0.0893 e. The number of benzene rings is 1. The maximum Gasteiger partial charge on any atom is 0.0510 e.